The molecule has 0 atom stereocenters. The van der Waals surface area contributed by atoms with Gasteiger partial charge in [-0.05, 0) is 39.5 Å². The Morgan fingerprint density at radius 2 is 2.15 bits per heavy atom. The van der Waals surface area contributed by atoms with Gasteiger partial charge in [0.05, 0.1) is 17.5 Å². The number of nitrogens with one attached hydrogen (secondary N) is 2. The summed E-state index contributed by atoms with van der Waals surface area (Å²) in [4.78, 5) is 25.7. The molecule has 0 bridgehead atoms. The second kappa shape index (κ2) is 5.77. The lowest BCUT2D eigenvalue weighted by molar-refractivity contribution is 0.0949. The molecule has 9 nitrogen and oxygen atoms in total. The van der Waals surface area contributed by atoms with Crippen LogP contribution in [-0.2, 0) is 6.54 Å². The SMILES string of the molecule is Cc1oc2ncnc(NC3(C)CC3)c2c1C(=O)NCc1noc(C2CC2)n1. The van der Waals surface area contributed by atoms with E-state index in [0.29, 0.717) is 45.9 Å². The lowest BCUT2D eigenvalue weighted by Crippen LogP contribution is -2.24. The van der Waals surface area contributed by atoms with Crippen LogP contribution in [0.25, 0.3) is 11.1 Å². The molecule has 27 heavy (non-hydrogen) atoms. The van der Waals surface area contributed by atoms with Crippen molar-refractivity contribution in [2.75, 3.05) is 5.32 Å². The molecule has 2 N–H and O–H groups in total. The Balaban J connectivity index is 1.40. The summed E-state index contributed by atoms with van der Waals surface area (Å²) in [5.74, 6) is 2.35. The van der Waals surface area contributed by atoms with Crippen LogP contribution in [0.5, 0.6) is 0 Å². The second-order valence-electron chi connectivity index (χ2n) is 7.63. The quantitative estimate of drug-likeness (QED) is 0.681. The van der Waals surface area contributed by atoms with Gasteiger partial charge in [0.2, 0.25) is 11.6 Å². The zero-order valence-electron chi connectivity index (χ0n) is 15.2. The van der Waals surface area contributed by atoms with E-state index in [1.54, 1.807) is 6.92 Å². The van der Waals surface area contributed by atoms with Crippen LogP contribution >= 0.6 is 0 Å². The molecule has 2 saturated carbocycles. The molecule has 2 fully saturated rings. The maximum Gasteiger partial charge on any atom is 0.256 e. The molecule has 140 valence electrons. The zero-order chi connectivity index (χ0) is 18.6. The fraction of sp³-hybridized carbons (Fsp3) is 0.500. The maximum atomic E-state index is 12.9. The van der Waals surface area contributed by atoms with Crippen LogP contribution in [0.15, 0.2) is 15.3 Å². The Morgan fingerprint density at radius 3 is 2.89 bits per heavy atom. The molecule has 2 aliphatic carbocycles. The number of amides is 1. The summed E-state index contributed by atoms with van der Waals surface area (Å²) in [6, 6.07) is 0. The van der Waals surface area contributed by atoms with Crippen LogP contribution in [0.4, 0.5) is 5.82 Å². The van der Waals surface area contributed by atoms with Crippen molar-refractivity contribution in [3.8, 4) is 0 Å². The molecule has 3 heterocycles. The lowest BCUT2D eigenvalue weighted by Gasteiger charge is -2.13. The van der Waals surface area contributed by atoms with Crippen LogP contribution in [0.3, 0.4) is 0 Å². The van der Waals surface area contributed by atoms with Crippen molar-refractivity contribution >= 4 is 22.8 Å². The molecule has 0 unspecified atom stereocenters. The summed E-state index contributed by atoms with van der Waals surface area (Å²) < 4.78 is 10.9. The number of rotatable bonds is 6. The molecule has 3 aromatic heterocycles. The van der Waals surface area contributed by atoms with Gasteiger partial charge in [0.15, 0.2) is 5.82 Å². The molecule has 0 saturated heterocycles. The highest BCUT2D eigenvalue weighted by Crippen LogP contribution is 2.40. The Kier molecular flexibility index (Phi) is 3.46. The number of carbonyl (C=O) groups is 1. The van der Waals surface area contributed by atoms with Crippen molar-refractivity contribution in [1.29, 1.82) is 0 Å². The van der Waals surface area contributed by atoms with E-state index in [9.17, 15) is 4.79 Å². The van der Waals surface area contributed by atoms with E-state index < -0.39 is 0 Å². The first-order chi connectivity index (χ1) is 13.0. The standard InChI is InChI=1S/C18H20N6O3/c1-9-12(15(25)19-7-11-22-16(27-24-11)10-3-4-10)13-14(23-18(2)5-6-18)20-8-21-17(13)26-9/h8,10H,3-7H2,1-2H3,(H,19,25)(H,20,21,23). The van der Waals surface area contributed by atoms with Crippen LogP contribution in [0.1, 0.15) is 66.4 Å². The first kappa shape index (κ1) is 16.2. The first-order valence-corrected chi connectivity index (χ1v) is 9.15. The molecule has 0 aliphatic heterocycles. The third-order valence-electron chi connectivity index (χ3n) is 5.13. The van der Waals surface area contributed by atoms with Gasteiger partial charge in [0, 0.05) is 11.5 Å². The van der Waals surface area contributed by atoms with Gasteiger partial charge >= 0.3 is 0 Å². The van der Waals surface area contributed by atoms with Crippen molar-refractivity contribution in [3.63, 3.8) is 0 Å². The fourth-order valence-corrected chi connectivity index (χ4v) is 3.09. The van der Waals surface area contributed by atoms with Gasteiger partial charge in [-0.3, -0.25) is 4.79 Å². The van der Waals surface area contributed by atoms with Crippen molar-refractivity contribution in [2.24, 2.45) is 0 Å². The molecule has 9 heteroatoms. The topological polar surface area (TPSA) is 119 Å². The van der Waals surface area contributed by atoms with Crippen LogP contribution in [-0.4, -0.2) is 31.6 Å². The average molecular weight is 368 g/mol. The minimum absolute atomic E-state index is 0.0179. The minimum Gasteiger partial charge on any atom is -0.442 e. The van der Waals surface area contributed by atoms with Crippen LogP contribution in [0.2, 0.25) is 0 Å². The number of anilines is 1. The normalized spacial score (nSPS) is 17.9. The number of aryl methyl sites for hydroxylation is 1. The van der Waals surface area contributed by atoms with E-state index >= 15 is 0 Å². The van der Waals surface area contributed by atoms with Gasteiger partial charge in [-0.1, -0.05) is 5.16 Å². The highest BCUT2D eigenvalue weighted by molar-refractivity contribution is 6.10. The van der Waals surface area contributed by atoms with Crippen molar-refractivity contribution in [1.82, 2.24) is 25.4 Å². The Labute approximate surface area is 154 Å². The summed E-state index contributed by atoms with van der Waals surface area (Å²) in [5, 5.41) is 10.8. The highest BCUT2D eigenvalue weighted by Gasteiger charge is 2.38. The van der Waals surface area contributed by atoms with Crippen LogP contribution < -0.4 is 10.6 Å². The Morgan fingerprint density at radius 1 is 1.33 bits per heavy atom. The Bertz CT molecular complexity index is 1030. The molecule has 0 radical (unpaired) electrons. The largest absolute Gasteiger partial charge is 0.442 e. The highest BCUT2D eigenvalue weighted by atomic mass is 16.5. The molecule has 2 aliphatic rings. The van der Waals surface area contributed by atoms with E-state index in [1.807, 2.05) is 0 Å². The molecule has 5 rings (SSSR count). The number of hydrogen-bond donors (Lipinski definition) is 2. The van der Waals surface area contributed by atoms with Crippen molar-refractivity contribution < 1.29 is 13.7 Å². The average Bonchev–Trinajstić information content (AvgIpc) is 3.53. The monoisotopic (exact) mass is 368 g/mol. The summed E-state index contributed by atoms with van der Waals surface area (Å²) >= 11 is 0. The molecular weight excluding hydrogens is 348 g/mol. The molecule has 0 aromatic carbocycles. The summed E-state index contributed by atoms with van der Waals surface area (Å²) in [6.45, 7) is 4.06. The second-order valence-corrected chi connectivity index (χ2v) is 7.63. The number of hydrogen-bond acceptors (Lipinski definition) is 8. The smallest absolute Gasteiger partial charge is 0.256 e. The first-order valence-electron chi connectivity index (χ1n) is 9.15. The fourth-order valence-electron chi connectivity index (χ4n) is 3.09. The van der Waals surface area contributed by atoms with E-state index in [4.69, 9.17) is 8.94 Å². The van der Waals surface area contributed by atoms with Gasteiger partial charge < -0.3 is 19.6 Å². The van der Waals surface area contributed by atoms with E-state index in [0.717, 1.165) is 25.7 Å². The van der Waals surface area contributed by atoms with Crippen LogP contribution in [0, 0.1) is 6.92 Å². The van der Waals surface area contributed by atoms with Gasteiger partial charge in [-0.15, -0.1) is 0 Å². The zero-order valence-corrected chi connectivity index (χ0v) is 15.2. The van der Waals surface area contributed by atoms with Crippen molar-refractivity contribution in [3.05, 3.63) is 29.4 Å². The van der Waals surface area contributed by atoms with E-state index in [1.165, 1.54) is 6.33 Å². The predicted molar refractivity (Wildman–Crippen MR) is 95.2 cm³/mol. The summed E-state index contributed by atoms with van der Waals surface area (Å²) in [5.41, 5.74) is 0.850. The number of carbonyl (C=O) groups excluding carboxylic acids is 1. The van der Waals surface area contributed by atoms with Gasteiger partial charge in [0.1, 0.15) is 17.9 Å². The third kappa shape index (κ3) is 3.02. The number of fused-ring (bicyclic) bond motifs is 1. The molecule has 3 aromatic rings. The summed E-state index contributed by atoms with van der Waals surface area (Å²) in [7, 11) is 0. The molecule has 0 spiro atoms. The Hall–Kier alpha value is -2.97. The molecule has 1 amide bonds. The van der Waals surface area contributed by atoms with Crippen molar-refractivity contribution in [2.45, 2.75) is 57.5 Å². The van der Waals surface area contributed by atoms with E-state index in [-0.39, 0.29) is 18.0 Å². The van der Waals surface area contributed by atoms with E-state index in [2.05, 4.69) is 37.7 Å². The lowest BCUT2D eigenvalue weighted by atomic mass is 10.1. The third-order valence-corrected chi connectivity index (χ3v) is 5.13. The van der Waals surface area contributed by atoms with Gasteiger partial charge in [-0.25, -0.2) is 9.97 Å². The van der Waals surface area contributed by atoms with Gasteiger partial charge in [-0.2, -0.15) is 4.98 Å². The predicted octanol–water partition coefficient (Wildman–Crippen LogP) is 2.69. The number of furan rings is 1. The number of aromatic nitrogens is 4. The van der Waals surface area contributed by atoms with Gasteiger partial charge in [0.25, 0.3) is 5.91 Å². The molecular formula is C18H20N6O3. The summed E-state index contributed by atoms with van der Waals surface area (Å²) in [6.07, 6.45) is 5.75. The maximum absolute atomic E-state index is 12.9. The minimum atomic E-state index is -0.275. The number of nitrogens with zero attached hydrogens (tertiary/aromatic N) is 4.